The second kappa shape index (κ2) is 10.2. The summed E-state index contributed by atoms with van der Waals surface area (Å²) in [6.45, 7) is -0.188. The number of hydrogen-bond donors (Lipinski definition) is 2. The van der Waals surface area contributed by atoms with Gasteiger partial charge in [-0.3, -0.25) is 15.1 Å². The zero-order chi connectivity index (χ0) is 29.9. The number of carbonyl (C=O) groups excluding carboxylic acids is 1. The number of fused-ring (bicyclic) bond motifs is 2. The van der Waals surface area contributed by atoms with Crippen LogP contribution in [0, 0.1) is 5.41 Å². The van der Waals surface area contributed by atoms with Gasteiger partial charge < -0.3 is 20.3 Å². The maximum Gasteiger partial charge on any atom is 0.408 e. The highest BCUT2D eigenvalue weighted by Crippen LogP contribution is 2.54. The number of nitrogens with one attached hydrogen (secondary N) is 1. The molecule has 1 aliphatic carbocycles. The number of piperidine rings is 1. The summed E-state index contributed by atoms with van der Waals surface area (Å²) in [7, 11) is 0. The normalized spacial score (nSPS) is 23.1. The van der Waals surface area contributed by atoms with E-state index in [1.165, 1.54) is 17.3 Å². The van der Waals surface area contributed by atoms with Crippen LogP contribution in [-0.2, 0) is 21.6 Å². The molecule has 11 nitrogen and oxygen atoms in total. The van der Waals surface area contributed by atoms with Crippen LogP contribution in [0.3, 0.4) is 0 Å². The van der Waals surface area contributed by atoms with Crippen LogP contribution < -0.4 is 15.5 Å². The number of likely N-dealkylation sites (tertiary alicyclic amines) is 1. The van der Waals surface area contributed by atoms with Gasteiger partial charge in [-0.1, -0.05) is 12.8 Å². The first-order valence-corrected chi connectivity index (χ1v) is 13.9. The van der Waals surface area contributed by atoms with Crippen molar-refractivity contribution in [3.8, 4) is 0 Å². The molecular formula is C26H30F5N9O2. The van der Waals surface area contributed by atoms with Crippen LogP contribution in [0.25, 0.3) is 0 Å². The van der Waals surface area contributed by atoms with E-state index in [1.807, 2.05) is 0 Å². The lowest BCUT2D eigenvalue weighted by Crippen LogP contribution is -2.45. The number of nitrogens with zero attached hydrogens (tertiary/aromatic N) is 7. The summed E-state index contributed by atoms with van der Waals surface area (Å²) in [5.74, 6) is -2.44. The van der Waals surface area contributed by atoms with E-state index < -0.39 is 36.2 Å². The first-order chi connectivity index (χ1) is 19.9. The van der Waals surface area contributed by atoms with Crippen molar-refractivity contribution in [2.75, 3.05) is 35.2 Å². The number of ether oxygens (including phenoxy) is 1. The maximum absolute atomic E-state index is 14.0. The minimum atomic E-state index is -4.49. The second-order valence-corrected chi connectivity index (χ2v) is 11.2. The van der Waals surface area contributed by atoms with Crippen molar-refractivity contribution in [2.24, 2.45) is 0 Å². The van der Waals surface area contributed by atoms with Crippen LogP contribution in [0.2, 0.25) is 0 Å². The number of hydrogen-bond acceptors (Lipinski definition) is 9. The molecule has 226 valence electrons. The monoisotopic (exact) mass is 595 g/mol. The zero-order valence-corrected chi connectivity index (χ0v) is 22.6. The third kappa shape index (κ3) is 4.83. The Morgan fingerprint density at radius 2 is 1.71 bits per heavy atom. The molecule has 42 heavy (non-hydrogen) atoms. The van der Waals surface area contributed by atoms with Gasteiger partial charge in [0.05, 0.1) is 29.1 Å². The smallest absolute Gasteiger partial charge is 0.408 e. The Morgan fingerprint density at radius 1 is 1.05 bits per heavy atom. The number of amidine groups is 1. The van der Waals surface area contributed by atoms with Crippen LogP contribution in [0.4, 0.5) is 45.2 Å². The van der Waals surface area contributed by atoms with E-state index in [-0.39, 0.29) is 74.6 Å². The Morgan fingerprint density at radius 3 is 2.36 bits per heavy atom. The van der Waals surface area contributed by atoms with Gasteiger partial charge >= 0.3 is 6.18 Å². The predicted octanol–water partition coefficient (Wildman–Crippen LogP) is 4.05. The Balaban J connectivity index is 1.27. The average Bonchev–Trinajstić information content (AvgIpc) is 3.68. The van der Waals surface area contributed by atoms with Crippen molar-refractivity contribution in [3.05, 3.63) is 23.8 Å². The fourth-order valence-electron chi connectivity index (χ4n) is 6.49. The van der Waals surface area contributed by atoms with Crippen molar-refractivity contribution < 1.29 is 31.5 Å². The van der Waals surface area contributed by atoms with Crippen LogP contribution >= 0.6 is 0 Å². The Bertz CT molecular complexity index is 1370. The number of nitrogens with two attached hydrogens (primary N) is 1. The van der Waals surface area contributed by atoms with Crippen LogP contribution in [0.1, 0.15) is 62.8 Å². The van der Waals surface area contributed by atoms with Crippen molar-refractivity contribution >= 4 is 35.2 Å². The lowest BCUT2D eigenvalue weighted by atomic mass is 9.80. The standard InChI is InChI=1S/C26H30F5N9O2/c27-25(28)7-10-38(11-8-25)23-34-12-15(13-35-23)40-20-18(24(21(40)41)5-1-2-6-24)19(32)36-17(37-20)14-42-22(33)39-9-3-4-16(39)26(29,30)31/h12-13,16,33H,1-11,14H2,(H2,32,36,37)/t16-/m1/s1. The SMILES string of the molecule is N=C(OCc1nc(N)c2c(n1)N(c1cnc(N3CCC(F)(F)CC3)nc1)C(=O)C21CCCC1)N1CCC[C@@H]1C(F)(F)F. The quantitative estimate of drug-likeness (QED) is 0.305. The molecule has 0 bridgehead atoms. The van der Waals surface area contributed by atoms with E-state index in [0.717, 1.165) is 17.7 Å². The van der Waals surface area contributed by atoms with E-state index in [2.05, 4.69) is 19.9 Å². The van der Waals surface area contributed by atoms with Crippen LogP contribution in [0.5, 0.6) is 0 Å². The molecule has 1 spiro atoms. The summed E-state index contributed by atoms with van der Waals surface area (Å²) in [6.07, 6.45) is 0.600. The van der Waals surface area contributed by atoms with Gasteiger partial charge in [-0.05, 0) is 25.7 Å². The van der Waals surface area contributed by atoms with Gasteiger partial charge in [0.15, 0.2) is 12.4 Å². The van der Waals surface area contributed by atoms with Gasteiger partial charge in [0, 0.05) is 32.5 Å². The first-order valence-electron chi connectivity index (χ1n) is 13.9. The molecule has 16 heteroatoms. The largest absolute Gasteiger partial charge is 0.457 e. The number of anilines is 4. The fourth-order valence-corrected chi connectivity index (χ4v) is 6.49. The van der Waals surface area contributed by atoms with Crippen molar-refractivity contribution in [1.82, 2.24) is 24.8 Å². The molecule has 3 aliphatic heterocycles. The molecule has 3 fully saturated rings. The van der Waals surface area contributed by atoms with E-state index in [9.17, 15) is 26.7 Å². The van der Waals surface area contributed by atoms with Gasteiger partial charge in [-0.2, -0.15) is 13.2 Å². The van der Waals surface area contributed by atoms with E-state index in [0.29, 0.717) is 24.1 Å². The van der Waals surface area contributed by atoms with Gasteiger partial charge in [0.1, 0.15) is 17.7 Å². The first kappa shape index (κ1) is 28.3. The Labute approximate surface area is 237 Å². The predicted molar refractivity (Wildman–Crippen MR) is 140 cm³/mol. The highest BCUT2D eigenvalue weighted by Gasteiger charge is 2.55. The van der Waals surface area contributed by atoms with Crippen molar-refractivity contribution in [2.45, 2.75) is 81.5 Å². The molecular weight excluding hydrogens is 565 g/mol. The topological polar surface area (TPSA) is 137 Å². The molecule has 2 aromatic heterocycles. The molecule has 0 radical (unpaired) electrons. The number of alkyl halides is 5. The molecule has 3 N–H and O–H groups in total. The van der Waals surface area contributed by atoms with Gasteiger partial charge in [0.25, 0.3) is 11.9 Å². The Hall–Kier alpha value is -3.85. The Kier molecular flexibility index (Phi) is 6.84. The molecule has 5 heterocycles. The minimum Gasteiger partial charge on any atom is -0.457 e. The van der Waals surface area contributed by atoms with Gasteiger partial charge in [-0.15, -0.1) is 0 Å². The number of rotatable bonds is 4. The minimum absolute atomic E-state index is 0.00149. The second-order valence-electron chi connectivity index (χ2n) is 11.2. The molecule has 1 atom stereocenters. The average molecular weight is 596 g/mol. The summed E-state index contributed by atoms with van der Waals surface area (Å²) in [5.41, 5.74) is 6.23. The van der Waals surface area contributed by atoms with Crippen molar-refractivity contribution in [1.29, 1.82) is 5.41 Å². The maximum atomic E-state index is 14.0. The van der Waals surface area contributed by atoms with E-state index >= 15 is 0 Å². The zero-order valence-electron chi connectivity index (χ0n) is 22.6. The lowest BCUT2D eigenvalue weighted by Gasteiger charge is -2.31. The summed E-state index contributed by atoms with van der Waals surface area (Å²) in [6, 6.07) is -2.44. The number of aromatic nitrogens is 4. The third-order valence-electron chi connectivity index (χ3n) is 8.61. The van der Waals surface area contributed by atoms with E-state index in [4.69, 9.17) is 15.9 Å². The summed E-state index contributed by atoms with van der Waals surface area (Å²) in [5, 5.41) is 8.11. The highest BCUT2D eigenvalue weighted by atomic mass is 19.4. The molecule has 2 aromatic rings. The molecule has 0 unspecified atom stereocenters. The number of amides is 1. The number of nitrogen functional groups attached to an aromatic ring is 1. The van der Waals surface area contributed by atoms with Gasteiger partial charge in [-0.25, -0.2) is 28.7 Å². The van der Waals surface area contributed by atoms with Crippen LogP contribution in [0.15, 0.2) is 12.4 Å². The highest BCUT2D eigenvalue weighted by molar-refractivity contribution is 6.13. The van der Waals surface area contributed by atoms with Gasteiger partial charge in [0.2, 0.25) is 11.9 Å². The molecule has 1 saturated carbocycles. The summed E-state index contributed by atoms with van der Waals surface area (Å²) < 4.78 is 72.7. The summed E-state index contributed by atoms with van der Waals surface area (Å²) in [4.78, 5) is 35.4. The molecule has 2 saturated heterocycles. The fraction of sp³-hybridized carbons (Fsp3) is 0.615. The number of halogens is 5. The summed E-state index contributed by atoms with van der Waals surface area (Å²) >= 11 is 0. The number of carbonyl (C=O) groups is 1. The lowest BCUT2D eigenvalue weighted by molar-refractivity contribution is -0.169. The molecule has 4 aliphatic rings. The van der Waals surface area contributed by atoms with Crippen LogP contribution in [-0.4, -0.2) is 74.5 Å². The van der Waals surface area contributed by atoms with Crippen molar-refractivity contribution in [3.63, 3.8) is 0 Å². The molecule has 6 rings (SSSR count). The molecule has 0 aromatic carbocycles. The van der Waals surface area contributed by atoms with E-state index in [1.54, 1.807) is 4.90 Å². The molecule has 1 amide bonds. The third-order valence-corrected chi connectivity index (χ3v) is 8.61.